The summed E-state index contributed by atoms with van der Waals surface area (Å²) in [7, 11) is 1.47. The highest BCUT2D eigenvalue weighted by Gasteiger charge is 2.14. The van der Waals surface area contributed by atoms with E-state index in [1.807, 2.05) is 0 Å². The molecule has 2 N–H and O–H groups in total. The molecule has 17 heavy (non-hydrogen) atoms. The Morgan fingerprint density at radius 1 is 1.41 bits per heavy atom. The van der Waals surface area contributed by atoms with E-state index in [-0.39, 0.29) is 11.5 Å². The quantitative estimate of drug-likeness (QED) is 0.780. The van der Waals surface area contributed by atoms with Gasteiger partial charge in [0, 0.05) is 24.1 Å². The summed E-state index contributed by atoms with van der Waals surface area (Å²) in [6.45, 7) is 0. The van der Waals surface area contributed by atoms with Crippen LogP contribution in [0, 0.1) is 0 Å². The molecule has 0 aliphatic rings. The number of ether oxygens (including phenoxy) is 1. The number of carbonyl (C=O) groups is 1. The van der Waals surface area contributed by atoms with Crippen LogP contribution in [-0.2, 0) is 0 Å². The van der Waals surface area contributed by atoms with Crippen LogP contribution >= 0.6 is 0 Å². The molecule has 6 nitrogen and oxygen atoms in total. The summed E-state index contributed by atoms with van der Waals surface area (Å²) < 4.78 is 4.92. The number of rotatable bonds is 3. The number of aromatic nitrogens is 3. The highest BCUT2D eigenvalue weighted by atomic mass is 16.5. The number of nitrogens with two attached hydrogens (primary N) is 1. The van der Waals surface area contributed by atoms with Crippen molar-refractivity contribution in [1.82, 2.24) is 15.0 Å². The molecule has 2 aromatic heterocycles. The molecule has 0 atom stereocenters. The first-order chi connectivity index (χ1) is 8.22. The van der Waals surface area contributed by atoms with E-state index in [4.69, 9.17) is 10.5 Å². The zero-order chi connectivity index (χ0) is 12.3. The molecule has 2 aromatic rings. The molecule has 0 fully saturated rings. The van der Waals surface area contributed by atoms with Crippen molar-refractivity contribution in [2.24, 2.45) is 0 Å². The molecule has 0 aromatic carbocycles. The number of hydrogen-bond donors (Lipinski definition) is 1. The minimum Gasteiger partial charge on any atom is -0.481 e. The minimum absolute atomic E-state index is 0.219. The SMILES string of the molecule is COc1cc(C(=O)c2cnccc2N)ncn1. The zero-order valence-corrected chi connectivity index (χ0v) is 9.12. The molecule has 0 spiro atoms. The maximum absolute atomic E-state index is 12.1. The van der Waals surface area contributed by atoms with Gasteiger partial charge in [0.15, 0.2) is 0 Å². The molecule has 0 aliphatic heterocycles. The van der Waals surface area contributed by atoms with E-state index in [2.05, 4.69) is 15.0 Å². The number of pyridine rings is 1. The molecule has 0 saturated heterocycles. The van der Waals surface area contributed by atoms with Crippen LogP contribution in [0.15, 0.2) is 30.9 Å². The van der Waals surface area contributed by atoms with Crippen LogP contribution < -0.4 is 10.5 Å². The topological polar surface area (TPSA) is 91.0 Å². The van der Waals surface area contributed by atoms with Gasteiger partial charge in [-0.15, -0.1) is 0 Å². The second-order valence-corrected chi connectivity index (χ2v) is 3.24. The Labute approximate surface area is 97.5 Å². The molecule has 2 rings (SSSR count). The highest BCUT2D eigenvalue weighted by molar-refractivity contribution is 6.10. The number of anilines is 1. The number of carbonyl (C=O) groups excluding carboxylic acids is 1. The number of methoxy groups -OCH3 is 1. The summed E-state index contributed by atoms with van der Waals surface area (Å²) in [6.07, 6.45) is 4.19. The molecular weight excluding hydrogens is 220 g/mol. The van der Waals surface area contributed by atoms with E-state index in [0.29, 0.717) is 17.1 Å². The molecule has 0 bridgehead atoms. The number of nitrogen functional groups attached to an aromatic ring is 1. The largest absolute Gasteiger partial charge is 0.481 e. The Kier molecular flexibility index (Phi) is 2.95. The van der Waals surface area contributed by atoms with Crippen LogP contribution in [0.5, 0.6) is 5.88 Å². The van der Waals surface area contributed by atoms with Gasteiger partial charge in [0.05, 0.1) is 12.7 Å². The first-order valence-electron chi connectivity index (χ1n) is 4.82. The summed E-state index contributed by atoms with van der Waals surface area (Å²) >= 11 is 0. The molecule has 86 valence electrons. The Hall–Kier alpha value is -2.50. The first-order valence-corrected chi connectivity index (χ1v) is 4.82. The van der Waals surface area contributed by atoms with E-state index in [0.717, 1.165) is 0 Å². The van der Waals surface area contributed by atoms with Gasteiger partial charge in [0.25, 0.3) is 0 Å². The van der Waals surface area contributed by atoms with Gasteiger partial charge in [-0.3, -0.25) is 9.78 Å². The van der Waals surface area contributed by atoms with Crippen molar-refractivity contribution < 1.29 is 9.53 Å². The van der Waals surface area contributed by atoms with Gasteiger partial charge in [0.1, 0.15) is 12.0 Å². The van der Waals surface area contributed by atoms with Crippen LogP contribution in [0.25, 0.3) is 0 Å². The lowest BCUT2D eigenvalue weighted by atomic mass is 10.1. The van der Waals surface area contributed by atoms with Gasteiger partial charge < -0.3 is 10.5 Å². The highest BCUT2D eigenvalue weighted by Crippen LogP contribution is 2.15. The smallest absolute Gasteiger partial charge is 0.216 e. The average Bonchev–Trinajstić information content (AvgIpc) is 2.38. The van der Waals surface area contributed by atoms with E-state index >= 15 is 0 Å². The second kappa shape index (κ2) is 4.56. The predicted octanol–water partition coefficient (Wildman–Crippen LogP) is 0.693. The monoisotopic (exact) mass is 230 g/mol. The lowest BCUT2D eigenvalue weighted by Gasteiger charge is -2.04. The maximum atomic E-state index is 12.1. The Morgan fingerprint density at radius 3 is 2.94 bits per heavy atom. The average molecular weight is 230 g/mol. The standard InChI is InChI=1S/C11H10N4O2/c1-17-10-4-9(14-6-15-10)11(16)7-5-13-3-2-8(7)12/h2-6H,1H3,(H2,12,13). The van der Waals surface area contributed by atoms with Crippen molar-refractivity contribution in [1.29, 1.82) is 0 Å². The van der Waals surface area contributed by atoms with Gasteiger partial charge in [-0.2, -0.15) is 0 Å². The van der Waals surface area contributed by atoms with Gasteiger partial charge in [-0.1, -0.05) is 0 Å². The third-order valence-corrected chi connectivity index (χ3v) is 2.18. The van der Waals surface area contributed by atoms with Crippen LogP contribution in [0.2, 0.25) is 0 Å². The van der Waals surface area contributed by atoms with Gasteiger partial charge in [-0.05, 0) is 6.07 Å². The minimum atomic E-state index is -0.309. The summed E-state index contributed by atoms with van der Waals surface area (Å²) in [6, 6.07) is 3.01. The summed E-state index contributed by atoms with van der Waals surface area (Å²) in [5.74, 6) is 0.0158. The van der Waals surface area contributed by atoms with Crippen LogP contribution in [-0.4, -0.2) is 27.8 Å². The normalized spacial score (nSPS) is 9.94. The van der Waals surface area contributed by atoms with Gasteiger partial charge in [-0.25, -0.2) is 9.97 Å². The molecule has 2 heterocycles. The Morgan fingerprint density at radius 2 is 2.24 bits per heavy atom. The molecule has 0 aliphatic carbocycles. The fourth-order valence-electron chi connectivity index (χ4n) is 1.31. The predicted molar refractivity (Wildman–Crippen MR) is 60.7 cm³/mol. The summed E-state index contributed by atoms with van der Waals surface area (Å²) in [5, 5.41) is 0. The van der Waals surface area contributed by atoms with E-state index in [1.54, 1.807) is 6.07 Å². The van der Waals surface area contributed by atoms with Crippen molar-refractivity contribution in [3.63, 3.8) is 0 Å². The van der Waals surface area contributed by atoms with Crippen LogP contribution in [0.4, 0.5) is 5.69 Å². The Balaban J connectivity index is 2.40. The fraction of sp³-hybridized carbons (Fsp3) is 0.0909. The van der Waals surface area contributed by atoms with Gasteiger partial charge in [0.2, 0.25) is 11.7 Å². The molecule has 0 radical (unpaired) electrons. The number of ketones is 1. The lowest BCUT2D eigenvalue weighted by molar-refractivity contribution is 0.103. The van der Waals surface area contributed by atoms with Crippen LogP contribution in [0.3, 0.4) is 0 Å². The summed E-state index contributed by atoms with van der Waals surface area (Å²) in [4.78, 5) is 23.6. The van der Waals surface area contributed by atoms with Crippen molar-refractivity contribution in [3.8, 4) is 5.88 Å². The van der Waals surface area contributed by atoms with Crippen molar-refractivity contribution in [2.45, 2.75) is 0 Å². The third kappa shape index (κ3) is 2.20. The van der Waals surface area contributed by atoms with Crippen molar-refractivity contribution in [3.05, 3.63) is 42.1 Å². The molecular formula is C11H10N4O2. The maximum Gasteiger partial charge on any atom is 0.216 e. The lowest BCUT2D eigenvalue weighted by Crippen LogP contribution is -2.08. The fourth-order valence-corrected chi connectivity index (χ4v) is 1.31. The Bertz CT molecular complexity index is 557. The molecule has 0 saturated carbocycles. The van der Waals surface area contributed by atoms with Crippen LogP contribution in [0.1, 0.15) is 16.1 Å². The number of nitrogens with zero attached hydrogens (tertiary/aromatic N) is 3. The first kappa shape index (κ1) is 11.0. The summed E-state index contributed by atoms with van der Waals surface area (Å²) in [5.41, 5.74) is 6.59. The van der Waals surface area contributed by atoms with E-state index < -0.39 is 0 Å². The molecule has 0 amide bonds. The zero-order valence-electron chi connectivity index (χ0n) is 9.12. The molecule has 0 unspecified atom stereocenters. The van der Waals surface area contributed by atoms with Crippen molar-refractivity contribution >= 4 is 11.5 Å². The van der Waals surface area contributed by atoms with E-state index in [9.17, 15) is 4.79 Å². The molecule has 6 heteroatoms. The van der Waals surface area contributed by atoms with Crippen molar-refractivity contribution in [2.75, 3.05) is 12.8 Å². The van der Waals surface area contributed by atoms with E-state index in [1.165, 1.54) is 31.9 Å². The third-order valence-electron chi connectivity index (χ3n) is 2.18. The van der Waals surface area contributed by atoms with Gasteiger partial charge >= 0.3 is 0 Å². The number of hydrogen-bond acceptors (Lipinski definition) is 6. The second-order valence-electron chi connectivity index (χ2n) is 3.24.